The molecular weight excluding hydrogens is 389 g/mol. The Labute approximate surface area is 166 Å². The summed E-state index contributed by atoms with van der Waals surface area (Å²) in [6, 6.07) is 9.20. The van der Waals surface area contributed by atoms with E-state index in [4.69, 9.17) is 28.2 Å². The van der Waals surface area contributed by atoms with E-state index >= 15 is 0 Å². The molecule has 0 amide bonds. The summed E-state index contributed by atoms with van der Waals surface area (Å²) >= 11 is 13.8. The summed E-state index contributed by atoms with van der Waals surface area (Å²) in [7, 11) is 0. The first-order chi connectivity index (χ1) is 12.4. The van der Waals surface area contributed by atoms with Crippen molar-refractivity contribution in [3.8, 4) is 17.1 Å². The summed E-state index contributed by atoms with van der Waals surface area (Å²) in [4.78, 5) is 9.83. The molecule has 136 valence electrons. The summed E-state index contributed by atoms with van der Waals surface area (Å²) in [6.45, 7) is 4.81. The molecule has 0 aliphatic rings. The number of nitrogens with one attached hydrogen (secondary N) is 1. The molecule has 3 aromatic rings. The molecule has 0 fully saturated rings. The zero-order chi connectivity index (χ0) is 18.7. The van der Waals surface area contributed by atoms with Crippen molar-refractivity contribution in [1.82, 2.24) is 9.97 Å². The Morgan fingerprint density at radius 3 is 2.69 bits per heavy atom. The maximum Gasteiger partial charge on any atom is 0.215 e. The molecule has 0 spiro atoms. The van der Waals surface area contributed by atoms with Crippen molar-refractivity contribution < 1.29 is 5.11 Å². The van der Waals surface area contributed by atoms with Crippen LogP contribution in [0.3, 0.4) is 0 Å². The molecule has 2 heterocycles. The van der Waals surface area contributed by atoms with E-state index in [0.717, 1.165) is 28.4 Å². The average molecular weight is 408 g/mol. The smallest absolute Gasteiger partial charge is 0.215 e. The quantitative estimate of drug-likeness (QED) is 0.523. The Morgan fingerprint density at radius 2 is 2.00 bits per heavy atom. The lowest BCUT2D eigenvalue weighted by Crippen LogP contribution is -1.99. The zero-order valence-corrected chi connectivity index (χ0v) is 16.8. The largest absolute Gasteiger partial charge is 0.493 e. The Balaban J connectivity index is 1.88. The summed E-state index contributed by atoms with van der Waals surface area (Å²) in [5.41, 5.74) is 2.59. The van der Waals surface area contributed by atoms with Gasteiger partial charge in [-0.3, -0.25) is 0 Å². The van der Waals surface area contributed by atoms with Gasteiger partial charge in [0.15, 0.2) is 5.13 Å². The number of hydrogen-bond acceptors (Lipinski definition) is 5. The normalized spacial score (nSPS) is 11.1. The van der Waals surface area contributed by atoms with Crippen LogP contribution < -0.4 is 5.32 Å². The Bertz CT molecular complexity index is 912. The van der Waals surface area contributed by atoms with Gasteiger partial charge in [0.2, 0.25) is 5.88 Å². The Hall–Kier alpha value is -1.82. The minimum absolute atomic E-state index is 0.0312. The third-order valence-corrected chi connectivity index (χ3v) is 5.56. The molecule has 0 atom stereocenters. The first-order valence-electron chi connectivity index (χ1n) is 8.26. The molecule has 2 N–H and O–H groups in total. The van der Waals surface area contributed by atoms with Gasteiger partial charge in [-0.15, -0.1) is 11.3 Å². The number of benzene rings is 1. The summed E-state index contributed by atoms with van der Waals surface area (Å²) in [5, 5.41) is 14.9. The second-order valence-electron chi connectivity index (χ2n) is 6.36. The lowest BCUT2D eigenvalue weighted by atomic mass is 10.0. The van der Waals surface area contributed by atoms with Crippen molar-refractivity contribution in [2.45, 2.75) is 26.8 Å². The van der Waals surface area contributed by atoms with E-state index in [1.54, 1.807) is 29.7 Å². The molecule has 0 radical (unpaired) electrons. The molecule has 1 aromatic carbocycles. The van der Waals surface area contributed by atoms with Gasteiger partial charge in [-0.25, -0.2) is 9.97 Å². The predicted octanol–water partition coefficient (Wildman–Crippen LogP) is 6.03. The van der Waals surface area contributed by atoms with Crippen LogP contribution >= 0.6 is 34.5 Å². The van der Waals surface area contributed by atoms with Crippen LogP contribution in [-0.4, -0.2) is 15.1 Å². The lowest BCUT2D eigenvalue weighted by Gasteiger charge is -2.06. The lowest BCUT2D eigenvalue weighted by molar-refractivity contribution is 0.447. The highest BCUT2D eigenvalue weighted by molar-refractivity contribution is 7.16. The molecule has 0 saturated heterocycles. The van der Waals surface area contributed by atoms with Crippen molar-refractivity contribution in [1.29, 1.82) is 0 Å². The van der Waals surface area contributed by atoms with Crippen LogP contribution in [0.2, 0.25) is 10.0 Å². The number of aromatic nitrogens is 2. The van der Waals surface area contributed by atoms with Gasteiger partial charge >= 0.3 is 0 Å². The van der Waals surface area contributed by atoms with E-state index in [-0.39, 0.29) is 5.88 Å². The molecule has 0 aliphatic carbocycles. The second-order valence-corrected chi connectivity index (χ2v) is 8.26. The minimum atomic E-state index is 0.0312. The molecule has 2 aromatic heterocycles. The van der Waals surface area contributed by atoms with Gasteiger partial charge in [0, 0.05) is 28.7 Å². The van der Waals surface area contributed by atoms with Crippen molar-refractivity contribution >= 4 is 39.7 Å². The van der Waals surface area contributed by atoms with E-state index in [1.807, 2.05) is 18.2 Å². The highest BCUT2D eigenvalue weighted by Crippen LogP contribution is 2.36. The van der Waals surface area contributed by atoms with Crippen molar-refractivity contribution in [3.63, 3.8) is 0 Å². The molecule has 4 nitrogen and oxygen atoms in total. The number of thiazole rings is 1. The molecule has 0 bridgehead atoms. The van der Waals surface area contributed by atoms with E-state index in [9.17, 15) is 5.11 Å². The van der Waals surface area contributed by atoms with Crippen molar-refractivity contribution in [3.05, 3.63) is 57.0 Å². The highest BCUT2D eigenvalue weighted by Gasteiger charge is 2.16. The summed E-state index contributed by atoms with van der Waals surface area (Å²) < 4.78 is 0. The standard InChI is InChI=1S/C19H19Cl2N3OS/c1-11(2)8-16-17(12-5-6-14(20)15(21)9-12)24-19(26-16)23-10-13-4-3-7-22-18(13)25/h3-7,9,11H,8,10H2,1-2H3,(H,22,25)(H,23,24). The van der Waals surface area contributed by atoms with E-state index < -0.39 is 0 Å². The molecule has 7 heteroatoms. The number of halogens is 2. The first kappa shape index (κ1) is 19.0. The second kappa shape index (κ2) is 8.25. The van der Waals surface area contributed by atoms with Crippen LogP contribution in [0, 0.1) is 5.92 Å². The maximum atomic E-state index is 9.81. The zero-order valence-electron chi connectivity index (χ0n) is 14.5. The third-order valence-electron chi connectivity index (χ3n) is 3.78. The van der Waals surface area contributed by atoms with Crippen molar-refractivity contribution in [2.75, 3.05) is 5.32 Å². The monoisotopic (exact) mass is 407 g/mol. The van der Waals surface area contributed by atoms with Crippen LogP contribution in [-0.2, 0) is 13.0 Å². The third kappa shape index (κ3) is 4.47. The van der Waals surface area contributed by atoms with Gasteiger partial charge in [0.1, 0.15) is 0 Å². The van der Waals surface area contributed by atoms with Crippen LogP contribution in [0.25, 0.3) is 11.3 Å². The first-order valence-corrected chi connectivity index (χ1v) is 9.83. The topological polar surface area (TPSA) is 58.0 Å². The number of pyridine rings is 1. The predicted molar refractivity (Wildman–Crippen MR) is 109 cm³/mol. The minimum Gasteiger partial charge on any atom is -0.493 e. The fourth-order valence-corrected chi connectivity index (χ4v) is 4.03. The number of aromatic hydroxyl groups is 1. The van der Waals surface area contributed by atoms with Gasteiger partial charge in [-0.1, -0.05) is 49.2 Å². The Kier molecular flexibility index (Phi) is 6.01. The number of nitrogens with zero attached hydrogens (tertiary/aromatic N) is 2. The van der Waals surface area contributed by atoms with E-state index in [2.05, 4.69) is 24.1 Å². The molecule has 0 aliphatic heterocycles. The SMILES string of the molecule is CC(C)Cc1sc(NCc2cccnc2O)nc1-c1ccc(Cl)c(Cl)c1. The fourth-order valence-electron chi connectivity index (χ4n) is 2.54. The van der Waals surface area contributed by atoms with Gasteiger partial charge in [0.25, 0.3) is 0 Å². The molecule has 0 saturated carbocycles. The van der Waals surface area contributed by atoms with Crippen molar-refractivity contribution in [2.24, 2.45) is 5.92 Å². The Morgan fingerprint density at radius 1 is 1.19 bits per heavy atom. The van der Waals surface area contributed by atoms with E-state index in [1.165, 1.54) is 4.88 Å². The van der Waals surface area contributed by atoms with Gasteiger partial charge in [-0.2, -0.15) is 0 Å². The van der Waals surface area contributed by atoms with E-state index in [0.29, 0.717) is 22.5 Å². The number of anilines is 1. The summed E-state index contributed by atoms with van der Waals surface area (Å²) in [6.07, 6.45) is 2.48. The van der Waals surface area contributed by atoms with Crippen LogP contribution in [0.15, 0.2) is 36.5 Å². The van der Waals surface area contributed by atoms with Crippen LogP contribution in [0.1, 0.15) is 24.3 Å². The van der Waals surface area contributed by atoms with Crippen LogP contribution in [0.5, 0.6) is 5.88 Å². The molecule has 0 unspecified atom stereocenters. The molecule has 26 heavy (non-hydrogen) atoms. The average Bonchev–Trinajstić information content (AvgIpc) is 2.98. The molecular formula is C19H19Cl2N3OS. The highest BCUT2D eigenvalue weighted by atomic mass is 35.5. The van der Waals surface area contributed by atoms with Gasteiger partial charge in [-0.05, 0) is 30.5 Å². The fraction of sp³-hybridized carbons (Fsp3) is 0.263. The molecule has 3 rings (SSSR count). The maximum absolute atomic E-state index is 9.81. The van der Waals surface area contributed by atoms with Crippen LogP contribution in [0.4, 0.5) is 5.13 Å². The summed E-state index contributed by atoms with van der Waals surface area (Å²) in [5.74, 6) is 0.538. The number of hydrogen-bond donors (Lipinski definition) is 2. The van der Waals surface area contributed by atoms with Gasteiger partial charge in [0.05, 0.1) is 15.7 Å². The van der Waals surface area contributed by atoms with Gasteiger partial charge < -0.3 is 10.4 Å². The number of rotatable bonds is 6.